The average Bonchev–Trinajstić information content (AvgIpc) is 2.54. The molecular weight excluding hydrogens is 392 g/mol. The van der Waals surface area contributed by atoms with Crippen molar-refractivity contribution in [1.82, 2.24) is 0 Å². The van der Waals surface area contributed by atoms with Crippen molar-refractivity contribution in [1.29, 1.82) is 0 Å². The molecule has 2 aromatic rings. The van der Waals surface area contributed by atoms with Crippen molar-refractivity contribution >= 4 is 43.2 Å². The van der Waals surface area contributed by atoms with Crippen LogP contribution in [0.1, 0.15) is 22.3 Å². The lowest BCUT2D eigenvalue weighted by atomic mass is 10.0. The number of nitrogens with one attached hydrogen (secondary N) is 1. The third-order valence-corrected chi connectivity index (χ3v) is 5.63. The van der Waals surface area contributed by atoms with Crippen molar-refractivity contribution in [2.75, 3.05) is 22.4 Å². The maximum absolute atomic E-state index is 12.3. The van der Waals surface area contributed by atoms with Gasteiger partial charge in [-0.05, 0) is 54.8 Å². The van der Waals surface area contributed by atoms with Crippen molar-refractivity contribution in [3.05, 3.63) is 58.1 Å². The Bertz CT molecular complexity index is 879. The summed E-state index contributed by atoms with van der Waals surface area (Å²) in [5.41, 5.74) is 2.75. The molecule has 5 nitrogen and oxygen atoms in total. The molecule has 0 saturated carbocycles. The van der Waals surface area contributed by atoms with Gasteiger partial charge in [-0.2, -0.15) is 0 Å². The molecule has 0 unspecified atom stereocenters. The van der Waals surface area contributed by atoms with E-state index < -0.39 is 10.0 Å². The highest BCUT2D eigenvalue weighted by Crippen LogP contribution is 2.31. The lowest BCUT2D eigenvalue weighted by Crippen LogP contribution is -2.34. The number of rotatable bonds is 3. The normalized spacial score (nSPS) is 14.2. The molecule has 0 bridgehead atoms. The van der Waals surface area contributed by atoms with Gasteiger partial charge in [-0.3, -0.25) is 9.10 Å². The number of sulfonamides is 1. The quantitative estimate of drug-likeness (QED) is 0.845. The molecule has 0 atom stereocenters. The highest BCUT2D eigenvalue weighted by Gasteiger charge is 2.24. The molecular formula is C17H17BrN2O3S. The Morgan fingerprint density at radius 2 is 1.88 bits per heavy atom. The van der Waals surface area contributed by atoms with Gasteiger partial charge in [-0.1, -0.05) is 22.0 Å². The summed E-state index contributed by atoms with van der Waals surface area (Å²) < 4.78 is 26.2. The van der Waals surface area contributed by atoms with Crippen molar-refractivity contribution in [2.24, 2.45) is 0 Å². The molecule has 24 heavy (non-hydrogen) atoms. The molecule has 1 amide bonds. The molecule has 1 N–H and O–H groups in total. The van der Waals surface area contributed by atoms with E-state index in [0.717, 1.165) is 22.9 Å². The molecule has 0 saturated heterocycles. The third kappa shape index (κ3) is 3.62. The standard InChI is InChI=1S/C17H17BrN2O3S/c1-24(22,23)20-10-2-3-12-6-9-15(11-16(12)20)19-17(21)13-4-7-14(18)8-5-13/h4-9,11H,2-3,10H2,1H3,(H,19,21). The van der Waals surface area contributed by atoms with Crippen LogP contribution in [0.4, 0.5) is 11.4 Å². The summed E-state index contributed by atoms with van der Waals surface area (Å²) in [4.78, 5) is 12.3. The second-order valence-corrected chi connectivity index (χ2v) is 8.57. The van der Waals surface area contributed by atoms with Crippen LogP contribution in [0.25, 0.3) is 0 Å². The molecule has 1 aliphatic rings. The zero-order chi connectivity index (χ0) is 17.3. The first-order chi connectivity index (χ1) is 11.3. The van der Waals surface area contributed by atoms with Crippen LogP contribution in [0.3, 0.4) is 0 Å². The van der Waals surface area contributed by atoms with E-state index in [2.05, 4.69) is 21.2 Å². The minimum atomic E-state index is -3.33. The highest BCUT2D eigenvalue weighted by atomic mass is 79.9. The molecule has 0 fully saturated rings. The second-order valence-electron chi connectivity index (χ2n) is 5.74. The average molecular weight is 409 g/mol. The van der Waals surface area contributed by atoms with Crippen molar-refractivity contribution in [2.45, 2.75) is 12.8 Å². The summed E-state index contributed by atoms with van der Waals surface area (Å²) in [7, 11) is -3.33. The van der Waals surface area contributed by atoms with Crippen LogP contribution < -0.4 is 9.62 Å². The number of aryl methyl sites for hydroxylation is 1. The van der Waals surface area contributed by atoms with Crippen molar-refractivity contribution in [3.8, 4) is 0 Å². The van der Waals surface area contributed by atoms with Crippen LogP contribution >= 0.6 is 15.9 Å². The number of amides is 1. The van der Waals surface area contributed by atoms with Crippen LogP contribution in [0.15, 0.2) is 46.9 Å². The SMILES string of the molecule is CS(=O)(=O)N1CCCc2ccc(NC(=O)c3ccc(Br)cc3)cc21. The first-order valence-electron chi connectivity index (χ1n) is 7.52. The number of carbonyl (C=O) groups excluding carboxylic acids is 1. The van der Waals surface area contributed by atoms with E-state index in [1.165, 1.54) is 10.6 Å². The third-order valence-electron chi connectivity index (χ3n) is 3.93. The topological polar surface area (TPSA) is 66.5 Å². The monoisotopic (exact) mass is 408 g/mol. The van der Waals surface area contributed by atoms with Gasteiger partial charge in [0.1, 0.15) is 0 Å². The minimum absolute atomic E-state index is 0.232. The Kier molecular flexibility index (Phi) is 4.64. The summed E-state index contributed by atoms with van der Waals surface area (Å²) in [5, 5.41) is 2.82. The first kappa shape index (κ1) is 17.0. The van der Waals surface area contributed by atoms with E-state index in [9.17, 15) is 13.2 Å². The summed E-state index contributed by atoms with van der Waals surface area (Å²) in [6, 6.07) is 12.5. The number of hydrogen-bond acceptors (Lipinski definition) is 3. The molecule has 0 aromatic heterocycles. The van der Waals surface area contributed by atoms with Gasteiger partial charge in [0.25, 0.3) is 5.91 Å². The lowest BCUT2D eigenvalue weighted by molar-refractivity contribution is 0.102. The number of nitrogens with zero attached hydrogens (tertiary/aromatic N) is 1. The van der Waals surface area contributed by atoms with E-state index >= 15 is 0 Å². The Labute approximate surface area is 149 Å². The zero-order valence-corrected chi connectivity index (χ0v) is 15.5. The number of hydrogen-bond donors (Lipinski definition) is 1. The van der Waals surface area contributed by atoms with Crippen LogP contribution in [-0.2, 0) is 16.4 Å². The summed E-state index contributed by atoms with van der Waals surface area (Å²) >= 11 is 3.33. The Hall–Kier alpha value is -1.86. The first-order valence-corrected chi connectivity index (χ1v) is 10.2. The van der Waals surface area contributed by atoms with Gasteiger partial charge in [0, 0.05) is 22.3 Å². The Morgan fingerprint density at radius 3 is 2.54 bits per heavy atom. The number of benzene rings is 2. The van der Waals surface area contributed by atoms with Crippen LogP contribution in [-0.4, -0.2) is 27.1 Å². The molecule has 1 aliphatic heterocycles. The molecule has 0 spiro atoms. The number of carbonyl (C=O) groups is 1. The number of fused-ring (bicyclic) bond motifs is 1. The van der Waals surface area contributed by atoms with Gasteiger partial charge in [-0.15, -0.1) is 0 Å². The van der Waals surface area contributed by atoms with Gasteiger partial charge < -0.3 is 5.32 Å². The van der Waals surface area contributed by atoms with E-state index in [1.807, 2.05) is 6.07 Å². The van der Waals surface area contributed by atoms with Crippen LogP contribution in [0, 0.1) is 0 Å². The molecule has 3 rings (SSSR count). The van der Waals surface area contributed by atoms with Crippen LogP contribution in [0.5, 0.6) is 0 Å². The fourth-order valence-corrected chi connectivity index (χ4v) is 4.02. The maximum Gasteiger partial charge on any atom is 0.255 e. The van der Waals surface area contributed by atoms with E-state index in [1.54, 1.807) is 36.4 Å². The second kappa shape index (κ2) is 6.57. The van der Waals surface area contributed by atoms with E-state index in [4.69, 9.17) is 0 Å². The fraction of sp³-hybridized carbons (Fsp3) is 0.235. The predicted molar refractivity (Wildman–Crippen MR) is 99.0 cm³/mol. The molecule has 126 valence electrons. The molecule has 7 heteroatoms. The fourth-order valence-electron chi connectivity index (χ4n) is 2.77. The summed E-state index contributed by atoms with van der Waals surface area (Å²) in [5.74, 6) is -0.232. The van der Waals surface area contributed by atoms with E-state index in [0.29, 0.717) is 23.5 Å². The minimum Gasteiger partial charge on any atom is -0.322 e. The molecule has 2 aromatic carbocycles. The molecule has 0 radical (unpaired) electrons. The molecule has 0 aliphatic carbocycles. The van der Waals surface area contributed by atoms with Gasteiger partial charge in [-0.25, -0.2) is 8.42 Å². The zero-order valence-electron chi connectivity index (χ0n) is 13.1. The maximum atomic E-state index is 12.3. The van der Waals surface area contributed by atoms with Gasteiger partial charge in [0.15, 0.2) is 0 Å². The van der Waals surface area contributed by atoms with E-state index in [-0.39, 0.29) is 5.91 Å². The predicted octanol–water partition coefficient (Wildman–Crippen LogP) is 3.41. The Balaban J connectivity index is 1.88. The van der Waals surface area contributed by atoms with Gasteiger partial charge >= 0.3 is 0 Å². The smallest absolute Gasteiger partial charge is 0.255 e. The summed E-state index contributed by atoms with van der Waals surface area (Å²) in [6.45, 7) is 0.468. The molecule has 1 heterocycles. The lowest BCUT2D eigenvalue weighted by Gasteiger charge is -2.29. The summed E-state index contributed by atoms with van der Waals surface area (Å²) in [6.07, 6.45) is 2.84. The van der Waals surface area contributed by atoms with Gasteiger partial charge in [0.2, 0.25) is 10.0 Å². The number of halogens is 1. The van der Waals surface area contributed by atoms with Gasteiger partial charge in [0.05, 0.1) is 11.9 Å². The highest BCUT2D eigenvalue weighted by molar-refractivity contribution is 9.10. The van der Waals surface area contributed by atoms with Crippen molar-refractivity contribution in [3.63, 3.8) is 0 Å². The largest absolute Gasteiger partial charge is 0.322 e. The number of anilines is 2. The Morgan fingerprint density at radius 1 is 1.17 bits per heavy atom. The van der Waals surface area contributed by atoms with Crippen molar-refractivity contribution < 1.29 is 13.2 Å². The van der Waals surface area contributed by atoms with Crippen LogP contribution in [0.2, 0.25) is 0 Å².